The Morgan fingerprint density at radius 1 is 1.38 bits per heavy atom. The van der Waals surface area contributed by atoms with Crippen molar-refractivity contribution in [1.82, 2.24) is 19.1 Å². The van der Waals surface area contributed by atoms with Gasteiger partial charge in [-0.1, -0.05) is 19.9 Å². The molecule has 7 nitrogen and oxygen atoms in total. The minimum atomic E-state index is -3.41. The lowest BCUT2D eigenvalue weighted by atomic mass is 9.94. The maximum atomic E-state index is 14.7. The summed E-state index contributed by atoms with van der Waals surface area (Å²) < 4.78 is 40.9. The van der Waals surface area contributed by atoms with Gasteiger partial charge in [-0.15, -0.1) is 0 Å². The van der Waals surface area contributed by atoms with Crippen LogP contribution in [0, 0.1) is 12.7 Å². The summed E-state index contributed by atoms with van der Waals surface area (Å²) in [6.45, 7) is 5.87. The van der Waals surface area contributed by atoms with E-state index in [1.54, 1.807) is 13.1 Å². The minimum absolute atomic E-state index is 0.00553. The van der Waals surface area contributed by atoms with Gasteiger partial charge in [0.15, 0.2) is 0 Å². The average Bonchev–Trinajstić information content (AvgIpc) is 2.87. The highest BCUT2D eigenvalue weighted by atomic mass is 32.2. The van der Waals surface area contributed by atoms with Crippen molar-refractivity contribution in [2.45, 2.75) is 39.7 Å². The Bertz CT molecular complexity index is 949. The molecule has 0 radical (unpaired) electrons. The third-order valence-corrected chi connectivity index (χ3v) is 5.64. The molecule has 0 spiro atoms. The Kier molecular flexibility index (Phi) is 6.02. The molecule has 1 heterocycles. The molecule has 0 saturated heterocycles. The smallest absolute Gasteiger partial charge is 0.292 e. The van der Waals surface area contributed by atoms with Crippen LogP contribution in [0.2, 0.25) is 0 Å². The molecular formula is C17H25FN4O3S. The summed E-state index contributed by atoms with van der Waals surface area (Å²) in [6.07, 6.45) is 1.77. The van der Waals surface area contributed by atoms with Crippen LogP contribution in [0.5, 0.6) is 0 Å². The van der Waals surface area contributed by atoms with E-state index in [1.165, 1.54) is 15.1 Å². The lowest BCUT2D eigenvalue weighted by molar-refractivity contribution is 0.402. The van der Waals surface area contributed by atoms with E-state index in [0.29, 0.717) is 29.9 Å². The molecule has 0 aliphatic heterocycles. The molecule has 0 saturated carbocycles. The standard InChI is InChI=1S/C17H25FN4O3S/c1-6-7-22(26(5,24)25)10-13-8-11(2)14(9-15(13)18)12(3)16-19-17(23)21(4)20-16/h8-9,12H,6-7,10H2,1-5H3,(H,19,20,23). The number of aromatic nitrogens is 3. The summed E-state index contributed by atoms with van der Waals surface area (Å²) in [5, 5.41) is 4.12. The largest absolute Gasteiger partial charge is 0.343 e. The maximum Gasteiger partial charge on any atom is 0.343 e. The molecule has 0 fully saturated rings. The van der Waals surface area contributed by atoms with Crippen molar-refractivity contribution >= 4 is 10.0 Å². The molecule has 0 amide bonds. The van der Waals surface area contributed by atoms with E-state index in [2.05, 4.69) is 10.1 Å². The van der Waals surface area contributed by atoms with Gasteiger partial charge in [0.05, 0.1) is 6.26 Å². The number of halogens is 1. The van der Waals surface area contributed by atoms with Crippen LogP contribution < -0.4 is 5.69 Å². The first kappa shape index (κ1) is 20.3. The summed E-state index contributed by atoms with van der Waals surface area (Å²) in [6, 6.07) is 3.06. The van der Waals surface area contributed by atoms with Crippen molar-refractivity contribution in [3.8, 4) is 0 Å². The summed E-state index contributed by atoms with van der Waals surface area (Å²) in [5.41, 5.74) is 1.50. The molecule has 2 aromatic rings. The minimum Gasteiger partial charge on any atom is -0.292 e. The zero-order chi connectivity index (χ0) is 19.6. The zero-order valence-corrected chi connectivity index (χ0v) is 16.5. The van der Waals surface area contributed by atoms with E-state index in [0.717, 1.165) is 11.8 Å². The number of hydrogen-bond acceptors (Lipinski definition) is 4. The second kappa shape index (κ2) is 7.71. The normalized spacial score (nSPS) is 13.3. The van der Waals surface area contributed by atoms with E-state index < -0.39 is 15.8 Å². The number of aryl methyl sites for hydroxylation is 2. The number of H-pyrrole nitrogens is 1. The van der Waals surface area contributed by atoms with Crippen LogP contribution in [-0.4, -0.2) is 40.3 Å². The van der Waals surface area contributed by atoms with Gasteiger partial charge in [0.25, 0.3) is 0 Å². The van der Waals surface area contributed by atoms with Crippen molar-refractivity contribution in [2.75, 3.05) is 12.8 Å². The van der Waals surface area contributed by atoms with Crippen LogP contribution >= 0.6 is 0 Å². The van der Waals surface area contributed by atoms with Crippen LogP contribution in [0.4, 0.5) is 4.39 Å². The van der Waals surface area contributed by atoms with Gasteiger partial charge in [-0.25, -0.2) is 22.3 Å². The molecule has 1 unspecified atom stereocenters. The average molecular weight is 384 g/mol. The molecule has 1 atom stereocenters. The molecule has 1 N–H and O–H groups in total. The maximum absolute atomic E-state index is 14.7. The van der Waals surface area contributed by atoms with Gasteiger partial charge < -0.3 is 0 Å². The van der Waals surface area contributed by atoms with Crippen molar-refractivity contribution < 1.29 is 12.8 Å². The predicted octanol–water partition coefficient (Wildman–Crippen LogP) is 1.88. The first-order valence-electron chi connectivity index (χ1n) is 8.41. The fourth-order valence-electron chi connectivity index (χ4n) is 2.91. The van der Waals surface area contributed by atoms with Gasteiger partial charge in [-0.2, -0.15) is 9.40 Å². The van der Waals surface area contributed by atoms with Crippen molar-refractivity contribution in [2.24, 2.45) is 7.05 Å². The number of nitrogens with zero attached hydrogens (tertiary/aromatic N) is 3. The third kappa shape index (κ3) is 4.39. The molecule has 9 heteroatoms. The summed E-state index contributed by atoms with van der Waals surface area (Å²) in [5.74, 6) is -0.314. The monoisotopic (exact) mass is 384 g/mol. The van der Waals surface area contributed by atoms with Crippen LogP contribution in [0.1, 0.15) is 48.7 Å². The molecule has 1 aromatic heterocycles. The van der Waals surface area contributed by atoms with E-state index >= 15 is 0 Å². The molecule has 1 aromatic carbocycles. The number of aromatic amines is 1. The highest BCUT2D eigenvalue weighted by molar-refractivity contribution is 7.88. The Hall–Kier alpha value is -2.00. The fraction of sp³-hybridized carbons (Fsp3) is 0.529. The van der Waals surface area contributed by atoms with Crippen LogP contribution in [0.25, 0.3) is 0 Å². The van der Waals surface area contributed by atoms with Crippen LogP contribution in [-0.2, 0) is 23.6 Å². The molecule has 144 valence electrons. The quantitative estimate of drug-likeness (QED) is 0.789. The molecule has 0 aliphatic carbocycles. The van der Waals surface area contributed by atoms with E-state index in [9.17, 15) is 17.6 Å². The van der Waals surface area contributed by atoms with Crippen molar-refractivity contribution in [1.29, 1.82) is 0 Å². The highest BCUT2D eigenvalue weighted by Gasteiger charge is 2.21. The number of benzene rings is 1. The van der Waals surface area contributed by atoms with Gasteiger partial charge in [0.1, 0.15) is 11.6 Å². The Labute approximate surface area is 152 Å². The van der Waals surface area contributed by atoms with E-state index in [1.807, 2.05) is 20.8 Å². The van der Waals surface area contributed by atoms with Gasteiger partial charge in [-0.05, 0) is 30.5 Å². The predicted molar refractivity (Wildman–Crippen MR) is 98.0 cm³/mol. The van der Waals surface area contributed by atoms with Gasteiger partial charge in [0, 0.05) is 31.6 Å². The second-order valence-corrected chi connectivity index (χ2v) is 8.54. The Morgan fingerprint density at radius 3 is 2.54 bits per heavy atom. The van der Waals surface area contributed by atoms with Crippen molar-refractivity contribution in [3.63, 3.8) is 0 Å². The lowest BCUT2D eigenvalue weighted by Crippen LogP contribution is -2.30. The van der Waals surface area contributed by atoms with E-state index in [4.69, 9.17) is 0 Å². The number of sulfonamides is 1. The third-order valence-electron chi connectivity index (χ3n) is 4.39. The summed E-state index contributed by atoms with van der Waals surface area (Å²) in [7, 11) is -1.87. The number of rotatable bonds is 7. The lowest BCUT2D eigenvalue weighted by Gasteiger charge is -2.21. The van der Waals surface area contributed by atoms with Gasteiger partial charge in [-0.3, -0.25) is 4.98 Å². The molecule has 2 rings (SSSR count). The molecule has 0 aliphatic rings. The SMILES string of the molecule is CCCN(Cc1cc(C)c(C(C)c2nn(C)c(=O)[nH]2)cc1F)S(C)(=O)=O. The van der Waals surface area contributed by atoms with Gasteiger partial charge >= 0.3 is 5.69 Å². The molecule has 0 bridgehead atoms. The zero-order valence-electron chi connectivity index (χ0n) is 15.7. The first-order chi connectivity index (χ1) is 12.0. The highest BCUT2D eigenvalue weighted by Crippen LogP contribution is 2.27. The topological polar surface area (TPSA) is 88.1 Å². The molecule has 26 heavy (non-hydrogen) atoms. The summed E-state index contributed by atoms with van der Waals surface area (Å²) >= 11 is 0. The summed E-state index contributed by atoms with van der Waals surface area (Å²) in [4.78, 5) is 14.2. The molecular weight excluding hydrogens is 359 g/mol. The Morgan fingerprint density at radius 2 is 2.04 bits per heavy atom. The fourth-order valence-corrected chi connectivity index (χ4v) is 3.80. The van der Waals surface area contributed by atoms with Crippen LogP contribution in [0.15, 0.2) is 16.9 Å². The second-order valence-electron chi connectivity index (χ2n) is 6.56. The van der Waals surface area contributed by atoms with Crippen molar-refractivity contribution in [3.05, 3.63) is 50.9 Å². The number of hydrogen-bond donors (Lipinski definition) is 1. The number of nitrogens with one attached hydrogen (secondary N) is 1. The van der Waals surface area contributed by atoms with E-state index in [-0.39, 0.29) is 18.2 Å². The Balaban J connectivity index is 2.37. The first-order valence-corrected chi connectivity index (χ1v) is 10.3. The van der Waals surface area contributed by atoms with Gasteiger partial charge in [0.2, 0.25) is 10.0 Å². The van der Waals surface area contributed by atoms with Crippen LogP contribution in [0.3, 0.4) is 0 Å².